The zero-order valence-electron chi connectivity index (χ0n) is 12.0. The maximum Gasteiger partial charge on any atom is 0.338 e. The molecule has 21 heavy (non-hydrogen) atoms. The van der Waals surface area contributed by atoms with Crippen molar-refractivity contribution in [3.63, 3.8) is 0 Å². The SMILES string of the molecule is Cc1ccc(C(=O)OCCCC(=O)OCC(C)(F)F)cc1. The van der Waals surface area contributed by atoms with E-state index in [1.165, 1.54) is 0 Å². The van der Waals surface area contributed by atoms with Crippen LogP contribution >= 0.6 is 0 Å². The molecule has 0 aromatic heterocycles. The topological polar surface area (TPSA) is 52.6 Å². The van der Waals surface area contributed by atoms with Crippen molar-refractivity contribution in [3.05, 3.63) is 35.4 Å². The molecule has 0 amide bonds. The van der Waals surface area contributed by atoms with E-state index in [0.29, 0.717) is 12.5 Å². The first-order valence-electron chi connectivity index (χ1n) is 6.55. The molecule has 1 aromatic rings. The van der Waals surface area contributed by atoms with Gasteiger partial charge in [0.2, 0.25) is 0 Å². The second-order valence-electron chi connectivity index (χ2n) is 4.84. The third-order valence-corrected chi connectivity index (χ3v) is 2.53. The summed E-state index contributed by atoms with van der Waals surface area (Å²) in [4.78, 5) is 22.8. The molecule has 0 heterocycles. The van der Waals surface area contributed by atoms with Crippen molar-refractivity contribution in [2.24, 2.45) is 0 Å². The van der Waals surface area contributed by atoms with Gasteiger partial charge < -0.3 is 9.47 Å². The van der Waals surface area contributed by atoms with Gasteiger partial charge in [0.1, 0.15) is 0 Å². The van der Waals surface area contributed by atoms with E-state index in [4.69, 9.17) is 4.74 Å². The fourth-order valence-corrected chi connectivity index (χ4v) is 1.43. The lowest BCUT2D eigenvalue weighted by atomic mass is 10.1. The molecule has 0 N–H and O–H groups in total. The molecule has 0 aliphatic carbocycles. The molecule has 0 atom stereocenters. The Morgan fingerprint density at radius 3 is 2.33 bits per heavy atom. The highest BCUT2D eigenvalue weighted by Crippen LogP contribution is 2.12. The Morgan fingerprint density at radius 1 is 1.14 bits per heavy atom. The summed E-state index contributed by atoms with van der Waals surface area (Å²) >= 11 is 0. The highest BCUT2D eigenvalue weighted by Gasteiger charge is 2.23. The number of hydrogen-bond acceptors (Lipinski definition) is 4. The number of esters is 2. The molecule has 0 fully saturated rings. The molecule has 0 radical (unpaired) electrons. The van der Waals surface area contributed by atoms with Crippen LogP contribution in [0.25, 0.3) is 0 Å². The molecule has 0 spiro atoms. The van der Waals surface area contributed by atoms with E-state index in [-0.39, 0.29) is 19.4 Å². The number of carbonyl (C=O) groups is 2. The van der Waals surface area contributed by atoms with Crippen LogP contribution in [0.1, 0.15) is 35.7 Å². The summed E-state index contributed by atoms with van der Waals surface area (Å²) in [6.07, 6.45) is 0.156. The molecule has 4 nitrogen and oxygen atoms in total. The maximum absolute atomic E-state index is 12.4. The number of benzene rings is 1. The number of halogens is 2. The summed E-state index contributed by atoms with van der Waals surface area (Å²) in [7, 11) is 0. The van der Waals surface area contributed by atoms with Crippen molar-refractivity contribution in [1.29, 1.82) is 0 Å². The van der Waals surface area contributed by atoms with Crippen LogP contribution in [0.3, 0.4) is 0 Å². The highest BCUT2D eigenvalue weighted by atomic mass is 19.3. The van der Waals surface area contributed by atoms with Crippen LogP contribution in [-0.4, -0.2) is 31.1 Å². The lowest BCUT2D eigenvalue weighted by Gasteiger charge is -2.10. The molecule has 1 aromatic carbocycles. The molecule has 0 aliphatic rings. The summed E-state index contributed by atoms with van der Waals surface area (Å²) in [6.45, 7) is 1.67. The highest BCUT2D eigenvalue weighted by molar-refractivity contribution is 5.89. The van der Waals surface area contributed by atoms with E-state index in [2.05, 4.69) is 4.74 Å². The predicted molar refractivity (Wildman–Crippen MR) is 72.3 cm³/mol. The largest absolute Gasteiger partial charge is 0.462 e. The lowest BCUT2D eigenvalue weighted by Crippen LogP contribution is -2.21. The smallest absolute Gasteiger partial charge is 0.338 e. The molecular weight excluding hydrogens is 282 g/mol. The third-order valence-electron chi connectivity index (χ3n) is 2.53. The van der Waals surface area contributed by atoms with Gasteiger partial charge in [-0.2, -0.15) is 0 Å². The summed E-state index contributed by atoms with van der Waals surface area (Å²) < 4.78 is 34.2. The van der Waals surface area contributed by atoms with Crippen molar-refractivity contribution in [3.8, 4) is 0 Å². The van der Waals surface area contributed by atoms with Crippen LogP contribution in [0.4, 0.5) is 8.78 Å². The van der Waals surface area contributed by atoms with Crippen LogP contribution in [0.15, 0.2) is 24.3 Å². The summed E-state index contributed by atoms with van der Waals surface area (Å²) in [5, 5.41) is 0. The van der Waals surface area contributed by atoms with E-state index in [1.54, 1.807) is 24.3 Å². The summed E-state index contributed by atoms with van der Waals surface area (Å²) in [5.41, 5.74) is 1.45. The average molecular weight is 300 g/mol. The van der Waals surface area contributed by atoms with E-state index in [1.807, 2.05) is 6.92 Å². The van der Waals surface area contributed by atoms with Gasteiger partial charge in [-0.05, 0) is 25.5 Å². The molecule has 0 bridgehead atoms. The Labute approximate surface area is 122 Å². The van der Waals surface area contributed by atoms with Gasteiger partial charge in [0.25, 0.3) is 5.92 Å². The standard InChI is InChI=1S/C15H18F2O4/c1-11-5-7-12(8-6-11)14(19)20-9-3-4-13(18)21-10-15(2,16)17/h5-8H,3-4,9-10H2,1-2H3. The minimum absolute atomic E-state index is 0.0321. The Bertz CT molecular complexity index is 477. The van der Waals surface area contributed by atoms with Gasteiger partial charge in [-0.25, -0.2) is 13.6 Å². The fraction of sp³-hybridized carbons (Fsp3) is 0.467. The van der Waals surface area contributed by atoms with Crippen molar-refractivity contribution in [1.82, 2.24) is 0 Å². The van der Waals surface area contributed by atoms with Crippen molar-refractivity contribution in [2.75, 3.05) is 13.2 Å². The lowest BCUT2D eigenvalue weighted by molar-refractivity contribution is -0.153. The van der Waals surface area contributed by atoms with E-state index < -0.39 is 24.5 Å². The Balaban J connectivity index is 2.20. The summed E-state index contributed by atoms with van der Waals surface area (Å²) in [6, 6.07) is 6.88. The van der Waals surface area contributed by atoms with Gasteiger partial charge in [0, 0.05) is 13.3 Å². The van der Waals surface area contributed by atoms with Gasteiger partial charge in [-0.1, -0.05) is 17.7 Å². The fourth-order valence-electron chi connectivity index (χ4n) is 1.43. The van der Waals surface area contributed by atoms with E-state index in [9.17, 15) is 18.4 Å². The van der Waals surface area contributed by atoms with Gasteiger partial charge in [-0.3, -0.25) is 4.79 Å². The molecule has 0 saturated carbocycles. The molecule has 0 saturated heterocycles. The number of hydrogen-bond donors (Lipinski definition) is 0. The summed E-state index contributed by atoms with van der Waals surface area (Å²) in [5.74, 6) is -4.25. The monoisotopic (exact) mass is 300 g/mol. The Hall–Kier alpha value is -1.98. The normalized spacial score (nSPS) is 11.0. The number of aryl methyl sites for hydroxylation is 1. The minimum atomic E-state index is -3.03. The van der Waals surface area contributed by atoms with Gasteiger partial charge in [0.05, 0.1) is 12.2 Å². The number of alkyl halides is 2. The van der Waals surface area contributed by atoms with E-state index in [0.717, 1.165) is 5.56 Å². The van der Waals surface area contributed by atoms with Crippen LogP contribution < -0.4 is 0 Å². The van der Waals surface area contributed by atoms with Crippen molar-refractivity contribution in [2.45, 2.75) is 32.6 Å². The first-order chi connectivity index (χ1) is 9.78. The molecule has 6 heteroatoms. The molecular formula is C15H18F2O4. The number of carbonyl (C=O) groups excluding carboxylic acids is 2. The minimum Gasteiger partial charge on any atom is -0.462 e. The second kappa shape index (κ2) is 7.71. The van der Waals surface area contributed by atoms with Crippen LogP contribution in [0, 0.1) is 6.92 Å². The van der Waals surface area contributed by atoms with Gasteiger partial charge in [-0.15, -0.1) is 0 Å². The number of ether oxygens (including phenoxy) is 2. The van der Waals surface area contributed by atoms with Crippen molar-refractivity contribution >= 4 is 11.9 Å². The average Bonchev–Trinajstić information content (AvgIpc) is 2.41. The zero-order chi connectivity index (χ0) is 15.9. The third kappa shape index (κ3) is 7.39. The molecule has 0 unspecified atom stereocenters. The number of rotatable bonds is 7. The molecule has 1 rings (SSSR count). The Morgan fingerprint density at radius 2 is 1.76 bits per heavy atom. The Kier molecular flexibility index (Phi) is 6.27. The maximum atomic E-state index is 12.4. The van der Waals surface area contributed by atoms with Crippen LogP contribution in [0.2, 0.25) is 0 Å². The van der Waals surface area contributed by atoms with E-state index >= 15 is 0 Å². The molecule has 116 valence electrons. The second-order valence-corrected chi connectivity index (χ2v) is 4.84. The predicted octanol–water partition coefficient (Wildman–Crippen LogP) is 3.13. The van der Waals surface area contributed by atoms with Gasteiger partial charge in [0.15, 0.2) is 6.61 Å². The zero-order valence-corrected chi connectivity index (χ0v) is 12.0. The molecule has 0 aliphatic heterocycles. The first-order valence-corrected chi connectivity index (χ1v) is 6.55. The first kappa shape index (κ1) is 17.1. The quantitative estimate of drug-likeness (QED) is 0.573. The van der Waals surface area contributed by atoms with Crippen LogP contribution in [-0.2, 0) is 14.3 Å². The van der Waals surface area contributed by atoms with Gasteiger partial charge >= 0.3 is 11.9 Å². The van der Waals surface area contributed by atoms with Crippen molar-refractivity contribution < 1.29 is 27.8 Å². The van der Waals surface area contributed by atoms with Crippen LogP contribution in [0.5, 0.6) is 0 Å².